The van der Waals surface area contributed by atoms with Gasteiger partial charge in [-0.05, 0) is 24.5 Å². The molecule has 1 aromatic heterocycles. The van der Waals surface area contributed by atoms with E-state index in [1.54, 1.807) is 0 Å². The van der Waals surface area contributed by atoms with Crippen LogP contribution in [-0.2, 0) is 6.54 Å². The van der Waals surface area contributed by atoms with Crippen molar-refractivity contribution in [3.63, 3.8) is 0 Å². The Morgan fingerprint density at radius 3 is 2.73 bits per heavy atom. The Bertz CT molecular complexity index is 486. The molecule has 2 rings (SSSR count). The largest absolute Gasteiger partial charge is 0.267 e. The summed E-state index contributed by atoms with van der Waals surface area (Å²) in [4.78, 5) is 0. The van der Waals surface area contributed by atoms with Crippen LogP contribution in [0.5, 0.6) is 0 Å². The molecule has 0 aliphatic carbocycles. The molecule has 2 aromatic rings. The van der Waals surface area contributed by atoms with Gasteiger partial charge in [-0.3, -0.25) is 4.68 Å². The maximum absolute atomic E-state index is 4.34. The predicted octanol–water partition coefficient (Wildman–Crippen LogP) is 2.30. The number of hydrogen-bond acceptors (Lipinski definition) is 1. The van der Waals surface area contributed by atoms with Crippen molar-refractivity contribution < 1.29 is 0 Å². The average Bonchev–Trinajstić information content (AvgIpc) is 2.68. The third-order valence-electron chi connectivity index (χ3n) is 2.08. The summed E-state index contributed by atoms with van der Waals surface area (Å²) in [6.07, 6.45) is 1.95. The fourth-order valence-corrected chi connectivity index (χ4v) is 1.41. The van der Waals surface area contributed by atoms with Crippen LogP contribution in [0.4, 0.5) is 0 Å². The van der Waals surface area contributed by atoms with E-state index in [4.69, 9.17) is 0 Å². The lowest BCUT2D eigenvalue weighted by Crippen LogP contribution is -2.00. The van der Waals surface area contributed by atoms with Gasteiger partial charge in [0.1, 0.15) is 5.69 Å². The molecule has 0 atom stereocenters. The van der Waals surface area contributed by atoms with Crippen LogP contribution in [0.1, 0.15) is 18.2 Å². The molecule has 0 spiro atoms. The summed E-state index contributed by atoms with van der Waals surface area (Å²) in [5, 5.41) is 4.34. The second kappa shape index (κ2) is 4.47. The highest BCUT2D eigenvalue weighted by atomic mass is 15.3. The van der Waals surface area contributed by atoms with Gasteiger partial charge < -0.3 is 0 Å². The molecule has 0 N–H and O–H groups in total. The second-order valence-corrected chi connectivity index (χ2v) is 3.26. The molecular formula is C13H12N2. The van der Waals surface area contributed by atoms with Crippen LogP contribution in [0.25, 0.3) is 0 Å². The Hall–Kier alpha value is -2.01. The topological polar surface area (TPSA) is 17.8 Å². The van der Waals surface area contributed by atoms with Gasteiger partial charge >= 0.3 is 0 Å². The molecule has 15 heavy (non-hydrogen) atoms. The van der Waals surface area contributed by atoms with E-state index in [9.17, 15) is 0 Å². The molecule has 0 aliphatic heterocycles. The summed E-state index contributed by atoms with van der Waals surface area (Å²) in [6, 6.07) is 12.2. The molecule has 0 amide bonds. The van der Waals surface area contributed by atoms with Crippen LogP contribution in [0.3, 0.4) is 0 Å². The first-order valence-corrected chi connectivity index (χ1v) is 4.88. The quantitative estimate of drug-likeness (QED) is 0.674. The Morgan fingerprint density at radius 1 is 1.20 bits per heavy atom. The van der Waals surface area contributed by atoms with E-state index in [2.05, 4.69) is 29.1 Å². The normalized spacial score (nSPS) is 9.40. The summed E-state index contributed by atoms with van der Waals surface area (Å²) in [6.45, 7) is 2.61. The molecule has 0 radical (unpaired) electrons. The first kappa shape index (κ1) is 9.54. The molecule has 0 unspecified atom stereocenters. The average molecular weight is 196 g/mol. The highest BCUT2D eigenvalue weighted by molar-refractivity contribution is 5.25. The van der Waals surface area contributed by atoms with Gasteiger partial charge in [-0.25, -0.2) is 0 Å². The minimum Gasteiger partial charge on any atom is -0.267 e. The van der Waals surface area contributed by atoms with E-state index in [0.29, 0.717) is 0 Å². The lowest BCUT2D eigenvalue weighted by atomic mass is 10.2. The number of nitrogens with zero attached hydrogens (tertiary/aromatic N) is 2. The lowest BCUT2D eigenvalue weighted by molar-refractivity contribution is 0.684. The van der Waals surface area contributed by atoms with Crippen molar-refractivity contribution >= 4 is 0 Å². The van der Waals surface area contributed by atoms with E-state index < -0.39 is 0 Å². The predicted molar refractivity (Wildman–Crippen MR) is 60.3 cm³/mol. The van der Waals surface area contributed by atoms with E-state index in [1.165, 1.54) is 5.56 Å². The molecule has 0 aliphatic rings. The molecular weight excluding hydrogens is 184 g/mol. The zero-order valence-electron chi connectivity index (χ0n) is 8.64. The molecule has 0 fully saturated rings. The first-order chi connectivity index (χ1) is 7.38. The van der Waals surface area contributed by atoms with Crippen molar-refractivity contribution in [3.8, 4) is 11.8 Å². The summed E-state index contributed by atoms with van der Waals surface area (Å²) in [5.41, 5.74) is 2.07. The summed E-state index contributed by atoms with van der Waals surface area (Å²) in [5.74, 6) is 5.77. The van der Waals surface area contributed by atoms with Gasteiger partial charge in [0.25, 0.3) is 0 Å². The van der Waals surface area contributed by atoms with Gasteiger partial charge in [-0.1, -0.05) is 36.3 Å². The van der Waals surface area contributed by atoms with E-state index in [-0.39, 0.29) is 0 Å². The maximum atomic E-state index is 4.34. The zero-order chi connectivity index (χ0) is 10.5. The molecule has 1 heterocycles. The van der Waals surface area contributed by atoms with Crippen LogP contribution in [0.2, 0.25) is 0 Å². The monoisotopic (exact) mass is 196 g/mol. The lowest BCUT2D eigenvalue weighted by Gasteiger charge is -2.00. The minimum atomic E-state index is 0.798. The fourth-order valence-electron chi connectivity index (χ4n) is 1.41. The van der Waals surface area contributed by atoms with Crippen LogP contribution < -0.4 is 0 Å². The summed E-state index contributed by atoms with van der Waals surface area (Å²) >= 11 is 0. The summed E-state index contributed by atoms with van der Waals surface area (Å²) < 4.78 is 1.90. The highest BCUT2D eigenvalue weighted by Crippen LogP contribution is 2.02. The molecule has 0 saturated heterocycles. The molecule has 74 valence electrons. The second-order valence-electron chi connectivity index (χ2n) is 3.26. The van der Waals surface area contributed by atoms with Crippen molar-refractivity contribution in [1.82, 2.24) is 9.78 Å². The van der Waals surface area contributed by atoms with Crippen molar-refractivity contribution in [1.29, 1.82) is 0 Å². The van der Waals surface area contributed by atoms with Gasteiger partial charge in [0.2, 0.25) is 0 Å². The molecule has 2 nitrogen and oxygen atoms in total. The van der Waals surface area contributed by atoms with Gasteiger partial charge in [-0.15, -0.1) is 0 Å². The van der Waals surface area contributed by atoms with Crippen LogP contribution in [0, 0.1) is 11.8 Å². The van der Waals surface area contributed by atoms with Gasteiger partial charge in [0, 0.05) is 6.20 Å². The van der Waals surface area contributed by atoms with E-state index in [0.717, 1.165) is 12.2 Å². The summed E-state index contributed by atoms with van der Waals surface area (Å²) in [7, 11) is 0. The Morgan fingerprint density at radius 2 is 2.00 bits per heavy atom. The number of aromatic nitrogens is 2. The first-order valence-electron chi connectivity index (χ1n) is 4.88. The molecule has 0 bridgehead atoms. The maximum Gasteiger partial charge on any atom is 0.135 e. The van der Waals surface area contributed by atoms with Crippen molar-refractivity contribution in [3.05, 3.63) is 53.9 Å². The van der Waals surface area contributed by atoms with Crippen LogP contribution >= 0.6 is 0 Å². The number of rotatable bonds is 2. The van der Waals surface area contributed by atoms with Crippen molar-refractivity contribution in [2.24, 2.45) is 0 Å². The molecule has 0 saturated carbocycles. The molecule has 1 aromatic carbocycles. The third-order valence-corrected chi connectivity index (χ3v) is 2.08. The smallest absolute Gasteiger partial charge is 0.135 e. The number of hydrogen-bond donors (Lipinski definition) is 0. The van der Waals surface area contributed by atoms with Crippen molar-refractivity contribution in [2.75, 3.05) is 0 Å². The van der Waals surface area contributed by atoms with Gasteiger partial charge in [0.15, 0.2) is 0 Å². The van der Waals surface area contributed by atoms with Gasteiger partial charge in [-0.2, -0.15) is 5.10 Å². The fraction of sp³-hybridized carbons (Fsp3) is 0.154. The number of benzene rings is 1. The minimum absolute atomic E-state index is 0.798. The van der Waals surface area contributed by atoms with E-state index in [1.807, 2.05) is 42.1 Å². The van der Waals surface area contributed by atoms with Crippen LogP contribution in [-0.4, -0.2) is 9.78 Å². The third kappa shape index (κ3) is 2.47. The van der Waals surface area contributed by atoms with Crippen LogP contribution in [0.15, 0.2) is 42.6 Å². The zero-order valence-corrected chi connectivity index (χ0v) is 8.64. The standard InChI is InChI=1S/C13H12N2/c1-2-6-13-9-10-15(14-13)11-12-7-4-3-5-8-12/h3-5,7-10H,11H2,1H3. The van der Waals surface area contributed by atoms with E-state index >= 15 is 0 Å². The Kier molecular flexibility index (Phi) is 2.85. The van der Waals surface area contributed by atoms with Gasteiger partial charge in [0.05, 0.1) is 6.54 Å². The molecule has 2 heteroatoms. The Labute approximate surface area is 89.6 Å². The van der Waals surface area contributed by atoms with Crippen molar-refractivity contribution in [2.45, 2.75) is 13.5 Å². The Balaban J connectivity index is 2.14. The highest BCUT2D eigenvalue weighted by Gasteiger charge is 1.96. The SMILES string of the molecule is CC#Cc1ccn(Cc2ccccc2)n1.